The van der Waals surface area contributed by atoms with E-state index >= 15 is 0 Å². The Labute approximate surface area is 98.8 Å². The zero-order valence-corrected chi connectivity index (χ0v) is 10.3. The summed E-state index contributed by atoms with van der Waals surface area (Å²) in [6, 6.07) is 0. The maximum absolute atomic E-state index is 12.1. The number of alkyl halides is 3. The lowest BCUT2D eigenvalue weighted by atomic mass is 10.2. The minimum atomic E-state index is -4.80. The van der Waals surface area contributed by atoms with Crippen molar-refractivity contribution in [2.45, 2.75) is 25.9 Å². The Morgan fingerprint density at radius 3 is 2.44 bits per heavy atom. The van der Waals surface area contributed by atoms with E-state index in [2.05, 4.69) is 21.0 Å². The highest BCUT2D eigenvalue weighted by atomic mass is 79.9. The van der Waals surface area contributed by atoms with Crippen LogP contribution in [0.25, 0.3) is 0 Å². The molecule has 1 aromatic rings. The first kappa shape index (κ1) is 13.2. The summed E-state index contributed by atoms with van der Waals surface area (Å²) >= 11 is 3.15. The molecule has 0 saturated carbocycles. The molecule has 0 amide bonds. The zero-order valence-electron chi connectivity index (χ0n) is 8.73. The third kappa shape index (κ3) is 2.63. The van der Waals surface area contributed by atoms with Crippen LogP contribution in [0.15, 0.2) is 4.47 Å². The number of aromatic nitrogens is 2. The molecule has 0 spiro atoms. The zero-order chi connectivity index (χ0) is 12.5. The first-order valence-corrected chi connectivity index (χ1v) is 5.37. The van der Waals surface area contributed by atoms with Gasteiger partial charge in [-0.3, -0.25) is 9.48 Å². The summed E-state index contributed by atoms with van der Waals surface area (Å²) in [7, 11) is 1.52. The van der Waals surface area contributed by atoms with Crippen LogP contribution in [0.4, 0.5) is 13.2 Å². The number of rotatable bonds is 3. The van der Waals surface area contributed by atoms with Crippen LogP contribution >= 0.6 is 15.9 Å². The molecular weight excluding hydrogens is 289 g/mol. The molecule has 0 aromatic carbocycles. The number of carbonyl (C=O) groups is 1. The van der Waals surface area contributed by atoms with Crippen molar-refractivity contribution < 1.29 is 18.0 Å². The molecule has 0 atom stereocenters. The molecule has 7 heteroatoms. The van der Waals surface area contributed by atoms with E-state index in [9.17, 15) is 18.0 Å². The molecule has 90 valence electrons. The largest absolute Gasteiger partial charge is 0.450 e. The number of hydrogen-bond acceptors (Lipinski definition) is 2. The monoisotopic (exact) mass is 298 g/mol. The molecule has 1 rings (SSSR count). The third-order valence-corrected chi connectivity index (χ3v) is 3.06. The summed E-state index contributed by atoms with van der Waals surface area (Å²) < 4.78 is 38.1. The molecule has 0 aliphatic rings. The highest BCUT2D eigenvalue weighted by molar-refractivity contribution is 9.10. The van der Waals surface area contributed by atoms with Crippen molar-refractivity contribution in [1.82, 2.24) is 9.78 Å². The predicted molar refractivity (Wildman–Crippen MR) is 55.1 cm³/mol. The van der Waals surface area contributed by atoms with Gasteiger partial charge in [0.2, 0.25) is 5.78 Å². The average Bonchev–Trinajstić information content (AvgIpc) is 2.43. The van der Waals surface area contributed by atoms with Gasteiger partial charge in [-0.15, -0.1) is 0 Å². The van der Waals surface area contributed by atoms with Gasteiger partial charge in [0.25, 0.3) is 0 Å². The molecule has 0 unspecified atom stereocenters. The molecule has 1 heterocycles. The maximum atomic E-state index is 12.1. The van der Waals surface area contributed by atoms with Crippen molar-refractivity contribution in [3.63, 3.8) is 0 Å². The number of Topliss-reactive ketones (excluding diaryl/α,β-unsaturated/α-hetero) is 1. The lowest BCUT2D eigenvalue weighted by molar-refractivity contribution is -0.170. The lowest BCUT2D eigenvalue weighted by Crippen LogP contribution is -2.25. The van der Waals surface area contributed by atoms with Gasteiger partial charge in [-0.25, -0.2) is 0 Å². The Bertz CT molecular complexity index is 412. The minimum Gasteiger partial charge on any atom is -0.289 e. The number of halogens is 4. The van der Waals surface area contributed by atoms with Gasteiger partial charge in [-0.05, 0) is 22.4 Å². The van der Waals surface area contributed by atoms with Crippen molar-refractivity contribution in [3.8, 4) is 0 Å². The highest BCUT2D eigenvalue weighted by Gasteiger charge is 2.38. The summed E-state index contributed by atoms with van der Waals surface area (Å²) in [5.74, 6) is -1.76. The van der Waals surface area contributed by atoms with Crippen LogP contribution in [0.3, 0.4) is 0 Å². The van der Waals surface area contributed by atoms with Crippen molar-refractivity contribution >= 4 is 21.7 Å². The van der Waals surface area contributed by atoms with E-state index in [-0.39, 0.29) is 5.69 Å². The highest BCUT2D eigenvalue weighted by Crippen LogP contribution is 2.25. The third-order valence-electron chi connectivity index (χ3n) is 2.15. The first-order valence-electron chi connectivity index (χ1n) is 4.57. The van der Waals surface area contributed by atoms with Crippen molar-refractivity contribution in [2.75, 3.05) is 0 Å². The molecular formula is C9H10BrF3N2O. The second-order valence-corrected chi connectivity index (χ2v) is 4.08. The molecule has 1 aromatic heterocycles. The Morgan fingerprint density at radius 1 is 1.50 bits per heavy atom. The smallest absolute Gasteiger partial charge is 0.289 e. The second-order valence-electron chi connectivity index (χ2n) is 3.28. The van der Waals surface area contributed by atoms with Gasteiger partial charge in [0.15, 0.2) is 0 Å². The molecule has 16 heavy (non-hydrogen) atoms. The van der Waals surface area contributed by atoms with Crippen molar-refractivity contribution in [2.24, 2.45) is 7.05 Å². The fraction of sp³-hybridized carbons (Fsp3) is 0.556. The van der Waals surface area contributed by atoms with Gasteiger partial charge in [-0.1, -0.05) is 6.92 Å². The van der Waals surface area contributed by atoms with Crippen molar-refractivity contribution in [3.05, 3.63) is 15.9 Å². The van der Waals surface area contributed by atoms with Crippen LogP contribution in [0.2, 0.25) is 0 Å². The topological polar surface area (TPSA) is 34.9 Å². The molecule has 0 fully saturated rings. The number of hydrogen-bond donors (Lipinski definition) is 0. The Morgan fingerprint density at radius 2 is 2.06 bits per heavy atom. The summed E-state index contributed by atoms with van der Waals surface area (Å²) in [5, 5.41) is 4.01. The number of aryl methyl sites for hydroxylation is 2. The number of ketones is 1. The van der Waals surface area contributed by atoms with Crippen LogP contribution in [0.1, 0.15) is 18.3 Å². The fourth-order valence-electron chi connectivity index (χ4n) is 1.26. The molecule has 0 N–H and O–H groups in total. The summed E-state index contributed by atoms with van der Waals surface area (Å²) in [4.78, 5) is 10.8. The normalized spacial score (nSPS) is 11.9. The molecule has 0 bridgehead atoms. The Balaban J connectivity index is 2.98. The standard InChI is InChI=1S/C9H10BrF3N2O/c1-3-5-8(10)6(15(2)14-5)4-7(16)9(11,12)13/h3-4H2,1-2H3. The SMILES string of the molecule is CCc1nn(C)c(CC(=O)C(F)(F)F)c1Br. The predicted octanol–water partition coefficient (Wildman–Crippen LogP) is 2.42. The van der Waals surface area contributed by atoms with E-state index < -0.39 is 18.4 Å². The lowest BCUT2D eigenvalue weighted by Gasteiger charge is -2.05. The van der Waals surface area contributed by atoms with Gasteiger partial charge >= 0.3 is 6.18 Å². The van der Waals surface area contributed by atoms with E-state index in [0.29, 0.717) is 16.6 Å². The molecule has 3 nitrogen and oxygen atoms in total. The average molecular weight is 299 g/mol. The van der Waals surface area contributed by atoms with Gasteiger partial charge in [-0.2, -0.15) is 18.3 Å². The van der Waals surface area contributed by atoms with E-state index in [1.807, 2.05) is 6.92 Å². The van der Waals surface area contributed by atoms with Crippen molar-refractivity contribution in [1.29, 1.82) is 0 Å². The summed E-state index contributed by atoms with van der Waals surface area (Å²) in [5.41, 5.74) is 0.895. The number of nitrogens with zero attached hydrogens (tertiary/aromatic N) is 2. The molecule has 0 radical (unpaired) electrons. The fourth-order valence-corrected chi connectivity index (χ4v) is 2.02. The molecule has 0 aliphatic carbocycles. The van der Waals surface area contributed by atoms with Crippen LogP contribution in [0, 0.1) is 0 Å². The van der Waals surface area contributed by atoms with E-state index in [0.717, 1.165) is 0 Å². The second kappa shape index (κ2) is 4.57. The summed E-state index contributed by atoms with van der Waals surface area (Å²) in [6.07, 6.45) is -4.89. The summed E-state index contributed by atoms with van der Waals surface area (Å²) in [6.45, 7) is 1.84. The van der Waals surface area contributed by atoms with Crippen LogP contribution in [0.5, 0.6) is 0 Å². The first-order chi connectivity index (χ1) is 7.27. The quantitative estimate of drug-likeness (QED) is 0.859. The van der Waals surface area contributed by atoms with E-state index in [1.54, 1.807) is 0 Å². The van der Waals surface area contributed by atoms with E-state index in [4.69, 9.17) is 0 Å². The molecule has 0 aliphatic heterocycles. The van der Waals surface area contributed by atoms with Crippen LogP contribution in [-0.2, 0) is 24.7 Å². The van der Waals surface area contributed by atoms with E-state index in [1.165, 1.54) is 11.7 Å². The van der Waals surface area contributed by atoms with Gasteiger partial charge < -0.3 is 0 Å². The van der Waals surface area contributed by atoms with Crippen LogP contribution in [-0.4, -0.2) is 21.7 Å². The minimum absolute atomic E-state index is 0.249. The van der Waals surface area contributed by atoms with Gasteiger partial charge in [0.1, 0.15) is 0 Å². The van der Waals surface area contributed by atoms with Gasteiger partial charge in [0.05, 0.1) is 22.3 Å². The Hall–Kier alpha value is -0.850. The Kier molecular flexibility index (Phi) is 3.77. The maximum Gasteiger partial charge on any atom is 0.450 e. The number of carbonyl (C=O) groups excluding carboxylic acids is 1. The van der Waals surface area contributed by atoms with Crippen LogP contribution < -0.4 is 0 Å². The van der Waals surface area contributed by atoms with Gasteiger partial charge in [0, 0.05) is 7.05 Å². The molecule has 0 saturated heterocycles.